The van der Waals surface area contributed by atoms with Crippen molar-refractivity contribution in [2.45, 2.75) is 75.5 Å². The molecular formula is C22H43N11O7. The van der Waals surface area contributed by atoms with Gasteiger partial charge >= 0.3 is 11.9 Å². The minimum Gasteiger partial charge on any atom is -0.481 e. The molecule has 18 nitrogen and oxygen atoms in total. The number of unbranched alkanes of at least 4 members (excludes halogenated alkanes) is 1. The van der Waals surface area contributed by atoms with Crippen LogP contribution in [-0.2, 0) is 24.0 Å². The van der Waals surface area contributed by atoms with E-state index < -0.39 is 60.2 Å². The van der Waals surface area contributed by atoms with Gasteiger partial charge in [0.25, 0.3) is 0 Å². The Hall–Kier alpha value is -4.19. The van der Waals surface area contributed by atoms with Crippen LogP contribution in [0.25, 0.3) is 0 Å². The number of hydrogen-bond acceptors (Lipinski definition) is 9. The fraction of sp³-hybridized carbons (Fsp3) is 0.682. The van der Waals surface area contributed by atoms with Crippen LogP contribution in [0, 0.1) is 0 Å². The molecule has 0 aromatic heterocycles. The Bertz CT molecular complexity index is 906. The van der Waals surface area contributed by atoms with Crippen LogP contribution in [0.2, 0.25) is 0 Å². The lowest BCUT2D eigenvalue weighted by atomic mass is 10.0. The van der Waals surface area contributed by atoms with Gasteiger partial charge < -0.3 is 60.6 Å². The average molecular weight is 574 g/mol. The molecule has 0 aliphatic rings. The predicted molar refractivity (Wildman–Crippen MR) is 146 cm³/mol. The Morgan fingerprint density at radius 2 is 1.07 bits per heavy atom. The number of carboxylic acids is 2. The summed E-state index contributed by atoms with van der Waals surface area (Å²) in [6.45, 7) is 0.606. The summed E-state index contributed by atoms with van der Waals surface area (Å²) in [6, 6.07) is -5.12. The smallest absolute Gasteiger partial charge is 0.326 e. The highest BCUT2D eigenvalue weighted by Crippen LogP contribution is 2.07. The zero-order chi connectivity index (χ0) is 30.7. The van der Waals surface area contributed by atoms with Crippen molar-refractivity contribution in [2.24, 2.45) is 44.4 Å². The predicted octanol–water partition coefficient (Wildman–Crippen LogP) is -4.44. The number of nitrogens with zero attached hydrogens (tertiary/aromatic N) is 2. The number of rotatable bonds is 21. The number of hydrogen-bond donors (Lipinski definition) is 11. The quantitative estimate of drug-likeness (QED) is 0.0351. The molecule has 0 spiro atoms. The second kappa shape index (κ2) is 19.8. The molecule has 0 aromatic rings. The lowest BCUT2D eigenvalue weighted by Crippen LogP contribution is -2.57. The lowest BCUT2D eigenvalue weighted by molar-refractivity contribution is -0.142. The first-order valence-corrected chi connectivity index (χ1v) is 12.7. The zero-order valence-corrected chi connectivity index (χ0v) is 22.4. The van der Waals surface area contributed by atoms with Crippen LogP contribution in [-0.4, -0.2) is 95.6 Å². The number of carbonyl (C=O) groups is 5. The van der Waals surface area contributed by atoms with E-state index in [2.05, 4.69) is 25.9 Å². The number of nitrogens with two attached hydrogens (primary N) is 6. The Morgan fingerprint density at radius 1 is 0.650 bits per heavy atom. The van der Waals surface area contributed by atoms with Crippen molar-refractivity contribution >= 4 is 41.6 Å². The SMILES string of the molecule is NCCCCC(NC(=O)C(CCCN=C(N)N)NC(=O)C(CCCN=C(N)N)NC(=O)C(N)CC(=O)O)C(=O)O. The number of aliphatic carboxylic acids is 2. The van der Waals surface area contributed by atoms with Gasteiger partial charge in [0, 0.05) is 13.1 Å². The molecule has 0 radical (unpaired) electrons. The van der Waals surface area contributed by atoms with Crippen LogP contribution in [0.5, 0.6) is 0 Å². The van der Waals surface area contributed by atoms with Gasteiger partial charge in [-0.2, -0.15) is 0 Å². The van der Waals surface area contributed by atoms with Crippen molar-refractivity contribution in [3.8, 4) is 0 Å². The van der Waals surface area contributed by atoms with Crippen LogP contribution in [0.4, 0.5) is 0 Å². The summed E-state index contributed by atoms with van der Waals surface area (Å²) >= 11 is 0. The van der Waals surface area contributed by atoms with E-state index in [1.807, 2.05) is 0 Å². The molecule has 0 aliphatic heterocycles. The zero-order valence-electron chi connectivity index (χ0n) is 22.4. The number of nitrogens with one attached hydrogen (secondary N) is 3. The molecule has 18 heteroatoms. The van der Waals surface area contributed by atoms with E-state index in [0.717, 1.165) is 0 Å². The second-order valence-corrected chi connectivity index (χ2v) is 8.91. The Morgan fingerprint density at radius 3 is 1.48 bits per heavy atom. The number of carbonyl (C=O) groups excluding carboxylic acids is 3. The van der Waals surface area contributed by atoms with E-state index in [4.69, 9.17) is 39.5 Å². The molecule has 0 aromatic carbocycles. The largest absolute Gasteiger partial charge is 0.481 e. The van der Waals surface area contributed by atoms with E-state index >= 15 is 0 Å². The molecule has 0 fully saturated rings. The van der Waals surface area contributed by atoms with Crippen molar-refractivity contribution in [1.29, 1.82) is 0 Å². The molecule has 0 heterocycles. The van der Waals surface area contributed by atoms with Gasteiger partial charge in [0.2, 0.25) is 17.7 Å². The van der Waals surface area contributed by atoms with E-state index in [9.17, 15) is 29.1 Å². The van der Waals surface area contributed by atoms with Gasteiger partial charge in [-0.05, 0) is 51.5 Å². The first-order valence-electron chi connectivity index (χ1n) is 12.7. The Kier molecular flexibility index (Phi) is 17.7. The van der Waals surface area contributed by atoms with Crippen molar-refractivity contribution in [1.82, 2.24) is 16.0 Å². The summed E-state index contributed by atoms with van der Waals surface area (Å²) in [5, 5.41) is 25.7. The second-order valence-electron chi connectivity index (χ2n) is 8.91. The average Bonchev–Trinajstić information content (AvgIpc) is 2.85. The molecular weight excluding hydrogens is 530 g/mol. The highest BCUT2D eigenvalue weighted by molar-refractivity contribution is 5.94. The molecule has 40 heavy (non-hydrogen) atoms. The summed E-state index contributed by atoms with van der Waals surface area (Å²) in [4.78, 5) is 68.9. The van der Waals surface area contributed by atoms with Gasteiger partial charge in [0.15, 0.2) is 11.9 Å². The summed E-state index contributed by atoms with van der Waals surface area (Å²) in [7, 11) is 0. The van der Waals surface area contributed by atoms with Crippen molar-refractivity contribution < 1.29 is 34.2 Å². The summed E-state index contributed by atoms with van der Waals surface area (Å²) in [5.41, 5.74) is 32.3. The topological polar surface area (TPSA) is 343 Å². The maximum atomic E-state index is 13.2. The molecule has 3 amide bonds. The first kappa shape index (κ1) is 35.8. The number of guanidine groups is 2. The lowest BCUT2D eigenvalue weighted by Gasteiger charge is -2.25. The maximum absolute atomic E-state index is 13.2. The summed E-state index contributed by atoms with van der Waals surface area (Å²) < 4.78 is 0. The summed E-state index contributed by atoms with van der Waals surface area (Å²) in [6.07, 6.45) is 0.964. The van der Waals surface area contributed by atoms with Crippen molar-refractivity contribution in [3.05, 3.63) is 0 Å². The van der Waals surface area contributed by atoms with Gasteiger partial charge in [-0.1, -0.05) is 0 Å². The summed E-state index contributed by atoms with van der Waals surface area (Å²) in [5.74, 6) is -5.38. The van der Waals surface area contributed by atoms with Gasteiger partial charge in [0.05, 0.1) is 12.5 Å². The van der Waals surface area contributed by atoms with E-state index in [0.29, 0.717) is 19.4 Å². The monoisotopic (exact) mass is 573 g/mol. The van der Waals surface area contributed by atoms with Gasteiger partial charge in [-0.15, -0.1) is 0 Å². The van der Waals surface area contributed by atoms with E-state index in [1.54, 1.807) is 0 Å². The number of carboxylic acid groups (broad SMARTS) is 2. The molecule has 0 aliphatic carbocycles. The van der Waals surface area contributed by atoms with Crippen molar-refractivity contribution in [3.63, 3.8) is 0 Å². The van der Waals surface area contributed by atoms with Crippen LogP contribution in [0.1, 0.15) is 51.4 Å². The van der Waals surface area contributed by atoms with Crippen LogP contribution < -0.4 is 50.4 Å². The van der Waals surface area contributed by atoms with E-state index in [1.165, 1.54) is 0 Å². The fourth-order valence-electron chi connectivity index (χ4n) is 3.40. The van der Waals surface area contributed by atoms with Crippen LogP contribution >= 0.6 is 0 Å². The molecule has 0 saturated carbocycles. The highest BCUT2D eigenvalue weighted by Gasteiger charge is 2.30. The minimum atomic E-state index is -1.44. The highest BCUT2D eigenvalue weighted by atomic mass is 16.4. The Balaban J connectivity index is 5.76. The van der Waals surface area contributed by atoms with Crippen LogP contribution in [0.3, 0.4) is 0 Å². The van der Waals surface area contributed by atoms with Gasteiger partial charge in [0.1, 0.15) is 18.1 Å². The third-order valence-electron chi connectivity index (χ3n) is 5.45. The standard InChI is InChI=1S/C22H43N11O7/c23-8-2-1-5-15(20(39)40)33-19(38)14(7-4-10-30-22(27)28)32-18(37)13(6-3-9-29-21(25)26)31-17(36)12(24)11-16(34)35/h12-15H,1-11,23-24H2,(H,31,36)(H,32,37)(H,33,38)(H,34,35)(H,39,40)(H4,25,26,29)(H4,27,28,30). The minimum absolute atomic E-state index is 0.00727. The molecule has 0 bridgehead atoms. The maximum Gasteiger partial charge on any atom is 0.326 e. The third-order valence-corrected chi connectivity index (χ3v) is 5.45. The normalized spacial score (nSPS) is 13.6. The van der Waals surface area contributed by atoms with Crippen LogP contribution in [0.15, 0.2) is 9.98 Å². The first-order chi connectivity index (χ1) is 18.8. The molecule has 228 valence electrons. The number of amides is 3. The van der Waals surface area contributed by atoms with Crippen molar-refractivity contribution in [2.75, 3.05) is 19.6 Å². The molecule has 0 rings (SSSR count). The van der Waals surface area contributed by atoms with Gasteiger partial charge in [-0.3, -0.25) is 29.2 Å². The molecule has 17 N–H and O–H groups in total. The number of aliphatic imine (C=N–C) groups is 2. The molecule has 0 saturated heterocycles. The van der Waals surface area contributed by atoms with E-state index in [-0.39, 0.29) is 57.1 Å². The fourth-order valence-corrected chi connectivity index (χ4v) is 3.40. The van der Waals surface area contributed by atoms with Gasteiger partial charge in [-0.25, -0.2) is 4.79 Å². The molecule has 4 unspecified atom stereocenters. The molecule has 4 atom stereocenters. The third kappa shape index (κ3) is 16.6. The Labute approximate surface area is 231 Å².